The molecule has 1 atom stereocenters. The van der Waals surface area contributed by atoms with Crippen LogP contribution in [0, 0.1) is 19.8 Å². The monoisotopic (exact) mass is 434 g/mol. The Balaban J connectivity index is 1.54. The number of anilines is 2. The van der Waals surface area contributed by atoms with Gasteiger partial charge in [0, 0.05) is 24.3 Å². The maximum Gasteiger partial charge on any atom is 0.416 e. The number of amides is 2. The van der Waals surface area contributed by atoms with Crippen LogP contribution in [0.4, 0.5) is 24.5 Å². The van der Waals surface area contributed by atoms with Crippen molar-refractivity contribution < 1.29 is 32.3 Å². The predicted molar refractivity (Wildman–Crippen MR) is 107 cm³/mol. The topological polar surface area (TPSA) is 75.7 Å². The first-order valence-electron chi connectivity index (χ1n) is 9.56. The summed E-state index contributed by atoms with van der Waals surface area (Å²) in [5.74, 6) is -2.43. The van der Waals surface area contributed by atoms with Crippen molar-refractivity contribution in [2.45, 2.75) is 26.4 Å². The van der Waals surface area contributed by atoms with Gasteiger partial charge in [0.05, 0.1) is 11.5 Å². The number of carbonyl (C=O) groups is 3. The Morgan fingerprint density at radius 1 is 1.13 bits per heavy atom. The van der Waals surface area contributed by atoms with Crippen LogP contribution in [-0.2, 0) is 25.3 Å². The van der Waals surface area contributed by atoms with E-state index in [0.717, 1.165) is 29.3 Å². The number of nitrogens with one attached hydrogen (secondary N) is 1. The minimum Gasteiger partial charge on any atom is -0.455 e. The molecular weight excluding hydrogens is 413 g/mol. The van der Waals surface area contributed by atoms with E-state index >= 15 is 0 Å². The van der Waals surface area contributed by atoms with Crippen LogP contribution in [0.2, 0.25) is 0 Å². The van der Waals surface area contributed by atoms with Crippen molar-refractivity contribution in [2.24, 2.45) is 5.92 Å². The lowest BCUT2D eigenvalue weighted by atomic mass is 10.1. The SMILES string of the molecule is Cc1ccc(N2C[C@H](C(=O)OCC(=O)Nc3cccc(C(F)(F)F)c3)CC2=O)cc1C. The van der Waals surface area contributed by atoms with Gasteiger partial charge < -0.3 is 15.0 Å². The zero-order valence-corrected chi connectivity index (χ0v) is 17.0. The van der Waals surface area contributed by atoms with Gasteiger partial charge in [0.25, 0.3) is 5.91 Å². The predicted octanol–water partition coefficient (Wildman–Crippen LogP) is 3.86. The van der Waals surface area contributed by atoms with Crippen LogP contribution in [0.25, 0.3) is 0 Å². The molecule has 164 valence electrons. The largest absolute Gasteiger partial charge is 0.455 e. The van der Waals surface area contributed by atoms with Gasteiger partial charge in [-0.15, -0.1) is 0 Å². The molecule has 0 spiro atoms. The minimum absolute atomic E-state index is 0.0407. The number of esters is 1. The molecule has 2 aromatic rings. The van der Waals surface area contributed by atoms with Crippen LogP contribution in [-0.4, -0.2) is 30.9 Å². The zero-order valence-electron chi connectivity index (χ0n) is 17.0. The summed E-state index contributed by atoms with van der Waals surface area (Å²) in [5, 5.41) is 2.26. The number of carbonyl (C=O) groups excluding carboxylic acids is 3. The standard InChI is InChI=1S/C22H21F3N2O4/c1-13-6-7-18(8-14(13)2)27-11-15(9-20(27)29)21(30)31-12-19(28)26-17-5-3-4-16(10-17)22(23,24)25/h3-8,10,15H,9,11-12H2,1-2H3,(H,26,28)/t15-/m1/s1. The van der Waals surface area contributed by atoms with E-state index in [1.165, 1.54) is 11.0 Å². The van der Waals surface area contributed by atoms with E-state index in [-0.39, 0.29) is 24.6 Å². The molecular formula is C22H21F3N2O4. The van der Waals surface area contributed by atoms with Crippen molar-refractivity contribution in [3.05, 3.63) is 59.2 Å². The lowest BCUT2D eigenvalue weighted by Crippen LogP contribution is -2.28. The van der Waals surface area contributed by atoms with E-state index < -0.39 is 36.1 Å². The summed E-state index contributed by atoms with van der Waals surface area (Å²) in [7, 11) is 0. The maximum atomic E-state index is 12.7. The molecule has 2 aromatic carbocycles. The molecule has 1 N–H and O–H groups in total. The van der Waals surface area contributed by atoms with Crippen molar-refractivity contribution in [3.63, 3.8) is 0 Å². The normalized spacial score (nSPS) is 16.4. The number of halogens is 3. The van der Waals surface area contributed by atoms with Crippen molar-refractivity contribution >= 4 is 29.2 Å². The first-order chi connectivity index (χ1) is 14.5. The molecule has 1 heterocycles. The van der Waals surface area contributed by atoms with Crippen molar-refractivity contribution in [3.8, 4) is 0 Å². The van der Waals surface area contributed by atoms with Crippen LogP contribution in [0.3, 0.4) is 0 Å². The molecule has 0 unspecified atom stereocenters. The molecule has 9 heteroatoms. The van der Waals surface area contributed by atoms with E-state index in [1.54, 1.807) is 6.07 Å². The fourth-order valence-electron chi connectivity index (χ4n) is 3.23. The molecule has 1 aliphatic heterocycles. The van der Waals surface area contributed by atoms with Crippen LogP contribution < -0.4 is 10.2 Å². The number of hydrogen-bond donors (Lipinski definition) is 1. The molecule has 0 aliphatic carbocycles. The second-order valence-corrected chi connectivity index (χ2v) is 7.41. The Kier molecular flexibility index (Phi) is 6.33. The maximum absolute atomic E-state index is 12.7. The Labute approximate surface area is 177 Å². The lowest BCUT2D eigenvalue weighted by molar-refractivity contribution is -0.151. The number of aryl methyl sites for hydroxylation is 2. The van der Waals surface area contributed by atoms with Gasteiger partial charge in [-0.25, -0.2) is 0 Å². The summed E-state index contributed by atoms with van der Waals surface area (Å²) in [5.41, 5.74) is 1.82. The van der Waals surface area contributed by atoms with Crippen molar-refractivity contribution in [1.82, 2.24) is 0 Å². The number of hydrogen-bond acceptors (Lipinski definition) is 4. The van der Waals surface area contributed by atoms with Gasteiger partial charge in [-0.3, -0.25) is 14.4 Å². The van der Waals surface area contributed by atoms with Crippen molar-refractivity contribution in [1.29, 1.82) is 0 Å². The molecule has 2 amide bonds. The number of rotatable bonds is 5. The highest BCUT2D eigenvalue weighted by atomic mass is 19.4. The third-order valence-electron chi connectivity index (χ3n) is 5.08. The molecule has 0 aromatic heterocycles. The third-order valence-corrected chi connectivity index (χ3v) is 5.08. The highest BCUT2D eigenvalue weighted by Crippen LogP contribution is 2.31. The van der Waals surface area contributed by atoms with Gasteiger partial charge in [-0.2, -0.15) is 13.2 Å². The van der Waals surface area contributed by atoms with Gasteiger partial charge in [0.2, 0.25) is 5.91 Å². The Bertz CT molecular complexity index is 1020. The second-order valence-electron chi connectivity index (χ2n) is 7.41. The van der Waals surface area contributed by atoms with E-state index in [0.29, 0.717) is 5.69 Å². The van der Waals surface area contributed by atoms with Gasteiger partial charge in [0.1, 0.15) is 0 Å². The van der Waals surface area contributed by atoms with E-state index in [4.69, 9.17) is 4.74 Å². The first kappa shape index (κ1) is 22.3. The summed E-state index contributed by atoms with van der Waals surface area (Å²) in [6, 6.07) is 9.69. The average molecular weight is 434 g/mol. The van der Waals surface area contributed by atoms with Crippen LogP contribution >= 0.6 is 0 Å². The number of alkyl halides is 3. The molecule has 3 rings (SSSR count). The van der Waals surface area contributed by atoms with Gasteiger partial charge in [0.15, 0.2) is 6.61 Å². The molecule has 0 radical (unpaired) electrons. The van der Waals surface area contributed by atoms with Gasteiger partial charge >= 0.3 is 12.1 Å². The zero-order chi connectivity index (χ0) is 22.8. The minimum atomic E-state index is -4.54. The first-order valence-corrected chi connectivity index (χ1v) is 9.56. The molecule has 1 aliphatic rings. The fourth-order valence-corrected chi connectivity index (χ4v) is 3.23. The average Bonchev–Trinajstić information content (AvgIpc) is 3.09. The molecule has 1 saturated heterocycles. The Hall–Kier alpha value is -3.36. The summed E-state index contributed by atoms with van der Waals surface area (Å²) in [6.45, 7) is 3.35. The van der Waals surface area contributed by atoms with E-state index in [9.17, 15) is 27.6 Å². The quantitative estimate of drug-likeness (QED) is 0.726. The van der Waals surface area contributed by atoms with Crippen LogP contribution in [0.5, 0.6) is 0 Å². The van der Waals surface area contributed by atoms with Gasteiger partial charge in [-0.1, -0.05) is 12.1 Å². The van der Waals surface area contributed by atoms with E-state index in [1.807, 2.05) is 26.0 Å². The summed E-state index contributed by atoms with van der Waals surface area (Å²) in [6.07, 6.45) is -4.58. The number of benzene rings is 2. The lowest BCUT2D eigenvalue weighted by Gasteiger charge is -2.17. The van der Waals surface area contributed by atoms with Crippen LogP contribution in [0.15, 0.2) is 42.5 Å². The highest BCUT2D eigenvalue weighted by Gasteiger charge is 2.36. The summed E-state index contributed by atoms with van der Waals surface area (Å²) < 4.78 is 43.2. The van der Waals surface area contributed by atoms with Crippen molar-refractivity contribution in [2.75, 3.05) is 23.4 Å². The smallest absolute Gasteiger partial charge is 0.416 e. The molecule has 6 nitrogen and oxygen atoms in total. The molecule has 31 heavy (non-hydrogen) atoms. The molecule has 0 bridgehead atoms. The van der Waals surface area contributed by atoms with E-state index in [2.05, 4.69) is 5.32 Å². The van der Waals surface area contributed by atoms with Gasteiger partial charge in [-0.05, 0) is 55.3 Å². The second kappa shape index (κ2) is 8.79. The molecule has 0 saturated carbocycles. The van der Waals surface area contributed by atoms with Crippen LogP contribution in [0.1, 0.15) is 23.1 Å². The third kappa shape index (κ3) is 5.42. The number of nitrogens with zero attached hydrogens (tertiary/aromatic N) is 1. The highest BCUT2D eigenvalue weighted by molar-refractivity contribution is 6.00. The summed E-state index contributed by atoms with van der Waals surface area (Å²) >= 11 is 0. The fraction of sp³-hybridized carbons (Fsp3) is 0.318. The Morgan fingerprint density at radius 2 is 1.87 bits per heavy atom. The summed E-state index contributed by atoms with van der Waals surface area (Å²) in [4.78, 5) is 38.1. The Morgan fingerprint density at radius 3 is 2.55 bits per heavy atom. The number of ether oxygens (including phenoxy) is 1. The molecule has 1 fully saturated rings.